The second-order valence-corrected chi connectivity index (χ2v) is 6.16. The van der Waals surface area contributed by atoms with Crippen LogP contribution in [0.3, 0.4) is 0 Å². The van der Waals surface area contributed by atoms with E-state index in [0.29, 0.717) is 11.3 Å². The van der Waals surface area contributed by atoms with Gasteiger partial charge in [0.05, 0.1) is 0 Å². The Morgan fingerprint density at radius 3 is 1.81 bits per heavy atom. The van der Waals surface area contributed by atoms with Gasteiger partial charge in [-0.15, -0.1) is 0 Å². The summed E-state index contributed by atoms with van der Waals surface area (Å²) in [6.07, 6.45) is 2.94. The van der Waals surface area contributed by atoms with Gasteiger partial charge in [0.1, 0.15) is 11.5 Å². The summed E-state index contributed by atoms with van der Waals surface area (Å²) in [5, 5.41) is 0. The molecular weight excluding hydrogens is 320 g/mol. The summed E-state index contributed by atoms with van der Waals surface area (Å²) in [5.74, 6) is 1.24. The maximum atomic E-state index is 12.0. The van der Waals surface area contributed by atoms with Crippen molar-refractivity contribution >= 4 is 17.8 Å². The third-order valence-electron chi connectivity index (χ3n) is 4.51. The van der Waals surface area contributed by atoms with Crippen molar-refractivity contribution in [1.82, 2.24) is 0 Å². The van der Waals surface area contributed by atoms with Crippen LogP contribution in [0.4, 0.5) is 0 Å². The van der Waals surface area contributed by atoms with E-state index in [1.807, 2.05) is 97.1 Å². The van der Waals surface area contributed by atoms with Crippen LogP contribution < -0.4 is 0 Å². The quantitative estimate of drug-likeness (QED) is 0.591. The molecule has 0 saturated carbocycles. The third kappa shape index (κ3) is 3.09. The monoisotopic (exact) mass is 338 g/mol. The molecule has 1 atom stereocenters. The summed E-state index contributed by atoms with van der Waals surface area (Å²) in [4.78, 5) is 12.0. The molecule has 3 aromatic carbocycles. The molecule has 126 valence electrons. The van der Waals surface area contributed by atoms with Gasteiger partial charge in [-0.2, -0.15) is 0 Å². The molecule has 1 aliphatic rings. The van der Waals surface area contributed by atoms with Gasteiger partial charge < -0.3 is 4.74 Å². The van der Waals surface area contributed by atoms with E-state index in [0.717, 1.165) is 28.7 Å². The predicted molar refractivity (Wildman–Crippen MR) is 104 cm³/mol. The number of ether oxygens (including phenoxy) is 1. The van der Waals surface area contributed by atoms with Crippen LogP contribution in [0.5, 0.6) is 0 Å². The number of hydrogen-bond donors (Lipinski definition) is 0. The lowest BCUT2D eigenvalue weighted by molar-refractivity contribution is -0.105. The minimum Gasteiger partial charge on any atom is -0.456 e. The summed E-state index contributed by atoms with van der Waals surface area (Å²) >= 11 is 0. The minimum absolute atomic E-state index is 0.145. The van der Waals surface area contributed by atoms with Crippen LogP contribution in [0.25, 0.3) is 11.5 Å². The molecule has 0 unspecified atom stereocenters. The first kappa shape index (κ1) is 16.1. The molecule has 0 amide bonds. The second kappa shape index (κ2) is 7.24. The van der Waals surface area contributed by atoms with Gasteiger partial charge in [0.2, 0.25) is 0 Å². The fraction of sp³-hybridized carbons (Fsp3) is 0.0417. The van der Waals surface area contributed by atoms with Crippen molar-refractivity contribution in [2.75, 3.05) is 0 Å². The van der Waals surface area contributed by atoms with Crippen molar-refractivity contribution in [2.24, 2.45) is 0 Å². The van der Waals surface area contributed by atoms with E-state index >= 15 is 0 Å². The van der Waals surface area contributed by atoms with Crippen LogP contribution in [0.2, 0.25) is 0 Å². The van der Waals surface area contributed by atoms with Crippen molar-refractivity contribution < 1.29 is 9.53 Å². The van der Waals surface area contributed by atoms with Crippen LogP contribution in [0.1, 0.15) is 22.6 Å². The lowest BCUT2D eigenvalue weighted by Crippen LogP contribution is -2.12. The predicted octanol–water partition coefficient (Wildman–Crippen LogP) is 5.45. The molecule has 0 aromatic heterocycles. The van der Waals surface area contributed by atoms with E-state index in [1.165, 1.54) is 0 Å². The van der Waals surface area contributed by atoms with E-state index in [1.54, 1.807) is 0 Å². The first-order chi connectivity index (χ1) is 12.9. The molecule has 0 bridgehead atoms. The maximum absolute atomic E-state index is 12.0. The van der Waals surface area contributed by atoms with Crippen LogP contribution >= 0.6 is 0 Å². The summed E-state index contributed by atoms with van der Waals surface area (Å²) < 4.78 is 6.22. The number of aldehydes is 1. The summed E-state index contributed by atoms with van der Waals surface area (Å²) in [6.45, 7) is 0. The van der Waals surface area contributed by atoms with Gasteiger partial charge in [-0.1, -0.05) is 91.0 Å². The van der Waals surface area contributed by atoms with E-state index in [4.69, 9.17) is 4.74 Å². The molecule has 2 nitrogen and oxygen atoms in total. The number of carbonyl (C=O) groups excluding carboxylic acids is 1. The maximum Gasteiger partial charge on any atom is 0.150 e. The largest absolute Gasteiger partial charge is 0.456 e. The van der Waals surface area contributed by atoms with Crippen molar-refractivity contribution in [1.29, 1.82) is 0 Å². The molecule has 4 rings (SSSR count). The highest BCUT2D eigenvalue weighted by Gasteiger charge is 2.27. The second-order valence-electron chi connectivity index (χ2n) is 6.16. The van der Waals surface area contributed by atoms with Crippen molar-refractivity contribution in [3.05, 3.63) is 119 Å². The smallest absolute Gasteiger partial charge is 0.150 e. The molecule has 0 saturated heterocycles. The highest BCUT2D eigenvalue weighted by atomic mass is 16.5. The summed E-state index contributed by atoms with van der Waals surface area (Å²) in [5.41, 5.74) is 3.60. The average Bonchev–Trinajstić information content (AvgIpc) is 2.74. The van der Waals surface area contributed by atoms with E-state index in [-0.39, 0.29) is 5.92 Å². The molecule has 1 heterocycles. The normalized spacial score (nSPS) is 16.6. The molecule has 26 heavy (non-hydrogen) atoms. The Labute approximate surface area is 153 Å². The molecule has 0 aliphatic carbocycles. The lowest BCUT2D eigenvalue weighted by atomic mass is 9.86. The molecule has 2 heteroatoms. The first-order valence-corrected chi connectivity index (χ1v) is 8.61. The Bertz CT molecular complexity index is 955. The average molecular weight is 338 g/mol. The van der Waals surface area contributed by atoms with Crippen LogP contribution in [-0.4, -0.2) is 6.29 Å². The fourth-order valence-corrected chi connectivity index (χ4v) is 3.22. The van der Waals surface area contributed by atoms with Gasteiger partial charge in [-0.25, -0.2) is 0 Å². The third-order valence-corrected chi connectivity index (χ3v) is 4.51. The van der Waals surface area contributed by atoms with Gasteiger partial charge in [0.25, 0.3) is 0 Å². The summed E-state index contributed by atoms with van der Waals surface area (Å²) in [6, 6.07) is 29.8. The Hall–Kier alpha value is -3.39. The Kier molecular flexibility index (Phi) is 4.48. The summed E-state index contributed by atoms with van der Waals surface area (Å²) in [7, 11) is 0. The Morgan fingerprint density at radius 2 is 1.23 bits per heavy atom. The number of carbonyl (C=O) groups is 1. The van der Waals surface area contributed by atoms with Crippen LogP contribution in [-0.2, 0) is 9.53 Å². The molecule has 0 fully saturated rings. The Morgan fingerprint density at radius 1 is 0.692 bits per heavy atom. The van der Waals surface area contributed by atoms with Gasteiger partial charge in [0, 0.05) is 22.6 Å². The number of allylic oxidation sites excluding steroid dienone is 2. The SMILES string of the molecule is O=CC1=C(c2ccccc2)OC(c2ccccc2)=C[C@H]1c1ccccc1. The van der Waals surface area contributed by atoms with Gasteiger partial charge in [0.15, 0.2) is 6.29 Å². The highest BCUT2D eigenvalue weighted by Crippen LogP contribution is 2.40. The molecule has 0 N–H and O–H groups in total. The van der Waals surface area contributed by atoms with E-state index in [2.05, 4.69) is 0 Å². The van der Waals surface area contributed by atoms with E-state index in [9.17, 15) is 4.79 Å². The van der Waals surface area contributed by atoms with Crippen molar-refractivity contribution in [3.63, 3.8) is 0 Å². The zero-order valence-corrected chi connectivity index (χ0v) is 14.2. The van der Waals surface area contributed by atoms with Gasteiger partial charge in [-0.05, 0) is 11.6 Å². The number of rotatable bonds is 4. The van der Waals surface area contributed by atoms with Crippen molar-refractivity contribution in [3.8, 4) is 0 Å². The molecular formula is C24H18O2. The minimum atomic E-state index is -0.145. The standard InChI is InChI=1S/C24H18O2/c25-17-22-21(18-10-4-1-5-11-18)16-23(19-12-6-2-7-13-19)26-24(22)20-14-8-3-9-15-20/h1-17,21H/t21-/m0/s1. The lowest BCUT2D eigenvalue weighted by Gasteiger charge is -2.26. The zero-order valence-electron chi connectivity index (χ0n) is 14.2. The number of benzene rings is 3. The molecule has 0 radical (unpaired) electrons. The Balaban J connectivity index is 1.89. The molecule has 3 aromatic rings. The number of hydrogen-bond acceptors (Lipinski definition) is 2. The topological polar surface area (TPSA) is 26.3 Å². The molecule has 1 aliphatic heterocycles. The van der Waals surface area contributed by atoms with Crippen LogP contribution in [0, 0.1) is 0 Å². The fourth-order valence-electron chi connectivity index (χ4n) is 3.22. The van der Waals surface area contributed by atoms with E-state index < -0.39 is 0 Å². The van der Waals surface area contributed by atoms with Gasteiger partial charge >= 0.3 is 0 Å². The highest BCUT2D eigenvalue weighted by molar-refractivity contribution is 5.92. The zero-order chi connectivity index (χ0) is 17.8. The first-order valence-electron chi connectivity index (χ1n) is 8.61. The molecule has 0 spiro atoms. The van der Waals surface area contributed by atoms with Crippen molar-refractivity contribution in [2.45, 2.75) is 5.92 Å². The van der Waals surface area contributed by atoms with Crippen LogP contribution in [0.15, 0.2) is 103 Å². The van der Waals surface area contributed by atoms with Gasteiger partial charge in [-0.3, -0.25) is 4.79 Å².